The van der Waals surface area contributed by atoms with Crippen LogP contribution in [-0.4, -0.2) is 29.0 Å². The number of hydrogen-bond donors (Lipinski definition) is 2. The highest BCUT2D eigenvalue weighted by Crippen LogP contribution is 2.19. The Morgan fingerprint density at radius 2 is 1.80 bits per heavy atom. The first-order chi connectivity index (χ1) is 12.3. The number of pyridine rings is 1. The number of rotatable bonds is 7. The Bertz CT molecular complexity index is 806. The average molecular weight is 334 g/mol. The van der Waals surface area contributed by atoms with Crippen LogP contribution in [0.2, 0.25) is 0 Å². The van der Waals surface area contributed by atoms with Crippen LogP contribution in [0, 0.1) is 0 Å². The van der Waals surface area contributed by atoms with Crippen LogP contribution in [-0.2, 0) is 13.1 Å². The van der Waals surface area contributed by atoms with E-state index in [1.807, 2.05) is 31.4 Å². The molecular formula is C19H22N6. The Kier molecular flexibility index (Phi) is 5.41. The highest BCUT2D eigenvalue weighted by molar-refractivity contribution is 5.48. The summed E-state index contributed by atoms with van der Waals surface area (Å²) in [6.07, 6.45) is 3.55. The molecule has 1 aromatic carbocycles. The van der Waals surface area contributed by atoms with Gasteiger partial charge >= 0.3 is 0 Å². The summed E-state index contributed by atoms with van der Waals surface area (Å²) in [5, 5.41) is 6.28. The van der Waals surface area contributed by atoms with Crippen molar-refractivity contribution >= 4 is 17.6 Å². The van der Waals surface area contributed by atoms with E-state index in [0.29, 0.717) is 12.5 Å². The second-order valence-electron chi connectivity index (χ2n) is 5.70. The van der Waals surface area contributed by atoms with Crippen LogP contribution in [0.1, 0.15) is 11.1 Å². The molecule has 0 unspecified atom stereocenters. The molecule has 128 valence electrons. The van der Waals surface area contributed by atoms with Gasteiger partial charge in [0.2, 0.25) is 5.95 Å². The van der Waals surface area contributed by atoms with Gasteiger partial charge in [-0.1, -0.05) is 36.4 Å². The summed E-state index contributed by atoms with van der Waals surface area (Å²) in [4.78, 5) is 15.3. The maximum Gasteiger partial charge on any atom is 0.224 e. The van der Waals surface area contributed by atoms with Crippen LogP contribution < -0.4 is 15.5 Å². The Morgan fingerprint density at radius 1 is 0.960 bits per heavy atom. The number of anilines is 3. The largest absolute Gasteiger partial charge is 0.373 e. The summed E-state index contributed by atoms with van der Waals surface area (Å²) in [7, 11) is 3.89. The van der Waals surface area contributed by atoms with E-state index in [2.05, 4.69) is 67.9 Å². The van der Waals surface area contributed by atoms with Crippen molar-refractivity contribution in [2.75, 3.05) is 29.6 Å². The molecule has 0 saturated heterocycles. The van der Waals surface area contributed by atoms with Gasteiger partial charge in [-0.15, -0.1) is 0 Å². The number of nitrogens with zero attached hydrogens (tertiary/aromatic N) is 4. The van der Waals surface area contributed by atoms with Gasteiger partial charge < -0.3 is 15.5 Å². The third kappa shape index (κ3) is 4.44. The maximum atomic E-state index is 4.55. The minimum absolute atomic E-state index is 0.590. The summed E-state index contributed by atoms with van der Waals surface area (Å²) in [6, 6.07) is 16.2. The van der Waals surface area contributed by atoms with Crippen molar-refractivity contribution in [1.29, 1.82) is 0 Å². The van der Waals surface area contributed by atoms with E-state index in [-0.39, 0.29) is 0 Å². The monoisotopic (exact) mass is 334 g/mol. The Morgan fingerprint density at radius 3 is 2.60 bits per heavy atom. The van der Waals surface area contributed by atoms with Crippen molar-refractivity contribution in [2.24, 2.45) is 0 Å². The second-order valence-corrected chi connectivity index (χ2v) is 5.70. The van der Waals surface area contributed by atoms with Crippen molar-refractivity contribution in [3.63, 3.8) is 0 Å². The van der Waals surface area contributed by atoms with E-state index in [9.17, 15) is 0 Å². The lowest BCUT2D eigenvalue weighted by atomic mass is 10.2. The van der Waals surface area contributed by atoms with Crippen LogP contribution in [0.25, 0.3) is 0 Å². The lowest BCUT2D eigenvalue weighted by molar-refractivity contribution is 0.880. The average Bonchev–Trinajstić information content (AvgIpc) is 2.67. The van der Waals surface area contributed by atoms with Crippen molar-refractivity contribution in [3.05, 3.63) is 72.1 Å². The second kappa shape index (κ2) is 8.10. The fraction of sp³-hybridized carbons (Fsp3) is 0.211. The Hall–Kier alpha value is -3.15. The summed E-state index contributed by atoms with van der Waals surface area (Å²) in [6.45, 7) is 1.41. The molecule has 0 saturated carbocycles. The summed E-state index contributed by atoms with van der Waals surface area (Å²) in [5.41, 5.74) is 2.35. The zero-order valence-electron chi connectivity index (χ0n) is 14.5. The van der Waals surface area contributed by atoms with Gasteiger partial charge in [0.05, 0.1) is 0 Å². The molecule has 3 aromatic rings. The lowest BCUT2D eigenvalue weighted by Gasteiger charge is -2.21. The molecule has 2 aromatic heterocycles. The molecule has 0 aliphatic heterocycles. The van der Waals surface area contributed by atoms with Gasteiger partial charge in [0.25, 0.3) is 0 Å². The van der Waals surface area contributed by atoms with Crippen molar-refractivity contribution in [3.8, 4) is 0 Å². The molecule has 0 aliphatic rings. The maximum absolute atomic E-state index is 4.55. The van der Waals surface area contributed by atoms with Crippen LogP contribution in [0.4, 0.5) is 17.6 Å². The Labute approximate surface area is 148 Å². The highest BCUT2D eigenvalue weighted by Gasteiger charge is 2.10. The van der Waals surface area contributed by atoms with Crippen LogP contribution >= 0.6 is 0 Å². The van der Waals surface area contributed by atoms with E-state index in [0.717, 1.165) is 23.7 Å². The van der Waals surface area contributed by atoms with E-state index in [1.54, 1.807) is 6.20 Å². The highest BCUT2D eigenvalue weighted by atomic mass is 15.2. The third-order valence-electron chi connectivity index (χ3n) is 3.84. The molecule has 6 nitrogen and oxygen atoms in total. The summed E-state index contributed by atoms with van der Waals surface area (Å²) < 4.78 is 0. The first kappa shape index (κ1) is 16.7. The molecule has 6 heteroatoms. The molecule has 25 heavy (non-hydrogen) atoms. The number of aromatic nitrogens is 3. The molecule has 0 atom stereocenters. The fourth-order valence-electron chi connectivity index (χ4n) is 2.60. The van der Waals surface area contributed by atoms with Crippen LogP contribution in [0.3, 0.4) is 0 Å². The molecule has 0 amide bonds. The van der Waals surface area contributed by atoms with Crippen LogP contribution in [0.5, 0.6) is 0 Å². The number of benzene rings is 1. The van der Waals surface area contributed by atoms with Crippen molar-refractivity contribution in [1.82, 2.24) is 15.0 Å². The zero-order chi connectivity index (χ0) is 17.5. The van der Waals surface area contributed by atoms with Crippen molar-refractivity contribution in [2.45, 2.75) is 13.1 Å². The lowest BCUT2D eigenvalue weighted by Crippen LogP contribution is -2.20. The van der Waals surface area contributed by atoms with Gasteiger partial charge in [-0.3, -0.25) is 0 Å². The predicted octanol–water partition coefficient (Wildman–Crippen LogP) is 3.16. The smallest absolute Gasteiger partial charge is 0.224 e. The quantitative estimate of drug-likeness (QED) is 0.692. The molecule has 0 bridgehead atoms. The van der Waals surface area contributed by atoms with Gasteiger partial charge in [0, 0.05) is 45.1 Å². The van der Waals surface area contributed by atoms with E-state index < -0.39 is 0 Å². The first-order valence-electron chi connectivity index (χ1n) is 8.20. The third-order valence-corrected chi connectivity index (χ3v) is 3.84. The Balaban J connectivity index is 1.72. The molecule has 3 rings (SSSR count). The van der Waals surface area contributed by atoms with Gasteiger partial charge in [0.15, 0.2) is 0 Å². The van der Waals surface area contributed by atoms with E-state index >= 15 is 0 Å². The number of nitrogens with one attached hydrogen (secondary N) is 2. The fourth-order valence-corrected chi connectivity index (χ4v) is 2.60. The van der Waals surface area contributed by atoms with E-state index in [1.165, 1.54) is 5.56 Å². The molecule has 0 fully saturated rings. The van der Waals surface area contributed by atoms with Gasteiger partial charge in [-0.2, -0.15) is 4.98 Å². The van der Waals surface area contributed by atoms with Gasteiger partial charge in [0.1, 0.15) is 11.6 Å². The minimum Gasteiger partial charge on any atom is -0.373 e. The normalized spacial score (nSPS) is 10.3. The molecule has 2 heterocycles. The topological polar surface area (TPSA) is 66.0 Å². The van der Waals surface area contributed by atoms with Gasteiger partial charge in [-0.25, -0.2) is 9.97 Å². The molecular weight excluding hydrogens is 312 g/mol. The molecule has 2 N–H and O–H groups in total. The first-order valence-corrected chi connectivity index (χ1v) is 8.20. The SMILES string of the molecule is CNc1ccnc(NCc2cccnc2N(C)Cc2ccccc2)n1. The standard InChI is InChI=1S/C19H22N6/c1-20-17-10-12-22-19(24-17)23-13-16-9-6-11-21-18(16)25(2)14-15-7-4-3-5-8-15/h3-12H,13-14H2,1-2H3,(H2,20,22,23,24). The predicted molar refractivity (Wildman–Crippen MR) is 102 cm³/mol. The molecule has 0 radical (unpaired) electrons. The van der Waals surface area contributed by atoms with Crippen LogP contribution in [0.15, 0.2) is 60.9 Å². The van der Waals surface area contributed by atoms with Gasteiger partial charge in [-0.05, 0) is 17.7 Å². The summed E-state index contributed by atoms with van der Waals surface area (Å²) in [5.74, 6) is 2.32. The molecule has 0 aliphatic carbocycles. The zero-order valence-corrected chi connectivity index (χ0v) is 14.5. The minimum atomic E-state index is 0.590. The van der Waals surface area contributed by atoms with E-state index in [4.69, 9.17) is 0 Å². The number of hydrogen-bond acceptors (Lipinski definition) is 6. The molecule has 0 spiro atoms. The summed E-state index contributed by atoms with van der Waals surface area (Å²) >= 11 is 0. The van der Waals surface area contributed by atoms with Crippen molar-refractivity contribution < 1.29 is 0 Å².